The number of halogens is 1. The van der Waals surface area contributed by atoms with Gasteiger partial charge in [-0.2, -0.15) is 0 Å². The molecule has 23 heavy (non-hydrogen) atoms. The molecule has 0 radical (unpaired) electrons. The van der Waals surface area contributed by atoms with Gasteiger partial charge in [0.25, 0.3) is 0 Å². The van der Waals surface area contributed by atoms with Gasteiger partial charge in [0.1, 0.15) is 6.10 Å². The van der Waals surface area contributed by atoms with Gasteiger partial charge in [0.05, 0.1) is 0 Å². The summed E-state index contributed by atoms with van der Waals surface area (Å²) in [6, 6.07) is 3.81. The first kappa shape index (κ1) is 16.4. The summed E-state index contributed by atoms with van der Waals surface area (Å²) in [5.41, 5.74) is 2.17. The Hall–Kier alpha value is -1.49. The average Bonchev–Trinajstić information content (AvgIpc) is 2.56. The Balaban J connectivity index is 1.67. The van der Waals surface area contributed by atoms with Crippen LogP contribution in [0.15, 0.2) is 12.1 Å². The van der Waals surface area contributed by atoms with Crippen molar-refractivity contribution in [3.63, 3.8) is 0 Å². The van der Waals surface area contributed by atoms with Gasteiger partial charge in [0, 0.05) is 5.92 Å². The van der Waals surface area contributed by atoms with Gasteiger partial charge in [-0.1, -0.05) is 19.4 Å². The van der Waals surface area contributed by atoms with Crippen LogP contribution in [0.5, 0.6) is 5.75 Å². The van der Waals surface area contributed by atoms with Crippen LogP contribution >= 0.6 is 0 Å². The van der Waals surface area contributed by atoms with Crippen molar-refractivity contribution in [2.75, 3.05) is 0 Å². The van der Waals surface area contributed by atoms with E-state index in [1.54, 1.807) is 6.07 Å². The van der Waals surface area contributed by atoms with Gasteiger partial charge in [-0.05, 0) is 75.0 Å². The second-order valence-electron chi connectivity index (χ2n) is 7.02. The second-order valence-corrected chi connectivity index (χ2v) is 7.02. The molecule has 1 fully saturated rings. The minimum Gasteiger partial charge on any atom is -0.487 e. The topological polar surface area (TPSA) is 9.23 Å². The molecule has 1 aromatic rings. The van der Waals surface area contributed by atoms with Gasteiger partial charge in [-0.25, -0.2) is 4.39 Å². The van der Waals surface area contributed by atoms with E-state index in [9.17, 15) is 4.39 Å². The zero-order chi connectivity index (χ0) is 16.2. The largest absolute Gasteiger partial charge is 0.487 e. The average molecular weight is 314 g/mol. The highest BCUT2D eigenvalue weighted by Crippen LogP contribution is 2.39. The highest BCUT2D eigenvalue weighted by atomic mass is 19.1. The van der Waals surface area contributed by atoms with Crippen molar-refractivity contribution >= 4 is 0 Å². The predicted molar refractivity (Wildman–Crippen MR) is 92.0 cm³/mol. The predicted octanol–water partition coefficient (Wildman–Crippen LogP) is 5.30. The molecule has 0 N–H and O–H groups in total. The van der Waals surface area contributed by atoms with Crippen molar-refractivity contribution in [1.29, 1.82) is 0 Å². The van der Waals surface area contributed by atoms with Gasteiger partial charge in [-0.3, -0.25) is 0 Å². The fourth-order valence-electron chi connectivity index (χ4n) is 4.14. The zero-order valence-corrected chi connectivity index (χ0v) is 14.3. The molecule has 0 spiro atoms. The van der Waals surface area contributed by atoms with Gasteiger partial charge in [-0.15, -0.1) is 11.8 Å². The third kappa shape index (κ3) is 3.71. The zero-order valence-electron chi connectivity index (χ0n) is 14.3. The van der Waals surface area contributed by atoms with Gasteiger partial charge in [0.15, 0.2) is 11.6 Å². The summed E-state index contributed by atoms with van der Waals surface area (Å²) in [6.07, 6.45) is 8.79. The molecule has 0 bridgehead atoms. The normalized spacial score (nSPS) is 26.7. The van der Waals surface area contributed by atoms with E-state index in [0.717, 1.165) is 62.5 Å². The Kier molecular flexibility index (Phi) is 5.26. The van der Waals surface area contributed by atoms with Crippen molar-refractivity contribution in [2.45, 2.75) is 71.3 Å². The highest BCUT2D eigenvalue weighted by molar-refractivity contribution is 5.40. The van der Waals surface area contributed by atoms with E-state index < -0.39 is 0 Å². The van der Waals surface area contributed by atoms with E-state index >= 15 is 0 Å². The highest BCUT2D eigenvalue weighted by Gasteiger charge is 2.32. The van der Waals surface area contributed by atoms with Crippen LogP contribution in [-0.2, 0) is 12.8 Å². The number of aryl methyl sites for hydroxylation is 2. The number of fused-ring (bicyclic) bond motifs is 1. The fraction of sp³-hybridized carbons (Fsp3) is 0.619. The molecule has 1 saturated carbocycles. The monoisotopic (exact) mass is 314 g/mol. The smallest absolute Gasteiger partial charge is 0.165 e. The van der Waals surface area contributed by atoms with Crippen molar-refractivity contribution in [1.82, 2.24) is 0 Å². The van der Waals surface area contributed by atoms with Crippen LogP contribution in [0.4, 0.5) is 4.39 Å². The van der Waals surface area contributed by atoms with E-state index in [-0.39, 0.29) is 11.9 Å². The van der Waals surface area contributed by atoms with Crippen molar-refractivity contribution < 1.29 is 9.13 Å². The molecule has 124 valence electrons. The van der Waals surface area contributed by atoms with Gasteiger partial charge < -0.3 is 4.74 Å². The number of rotatable bonds is 3. The first-order valence-electron chi connectivity index (χ1n) is 9.11. The SMILES string of the molecule is CC#CC1CCC(C2CCc3cc(CCC)cc(F)c3O2)CC1. The Labute approximate surface area is 139 Å². The Bertz CT molecular complexity index is 602. The number of hydrogen-bond donors (Lipinski definition) is 0. The van der Waals surface area contributed by atoms with E-state index in [1.807, 2.05) is 6.92 Å². The molecule has 3 rings (SSSR count). The molecule has 1 heterocycles. The van der Waals surface area contributed by atoms with E-state index in [2.05, 4.69) is 24.8 Å². The number of benzene rings is 1. The summed E-state index contributed by atoms with van der Waals surface area (Å²) >= 11 is 0. The molecule has 1 aliphatic heterocycles. The molecular weight excluding hydrogens is 287 g/mol. The molecule has 0 amide bonds. The molecule has 0 saturated heterocycles. The second kappa shape index (κ2) is 7.39. The summed E-state index contributed by atoms with van der Waals surface area (Å²) < 4.78 is 20.5. The van der Waals surface area contributed by atoms with Crippen LogP contribution in [0.1, 0.15) is 63.5 Å². The van der Waals surface area contributed by atoms with Gasteiger partial charge >= 0.3 is 0 Å². The molecule has 0 aromatic heterocycles. The van der Waals surface area contributed by atoms with Crippen LogP contribution in [0.3, 0.4) is 0 Å². The van der Waals surface area contributed by atoms with Crippen LogP contribution in [-0.4, -0.2) is 6.10 Å². The summed E-state index contributed by atoms with van der Waals surface area (Å²) in [5.74, 6) is 7.81. The number of ether oxygens (including phenoxy) is 1. The molecule has 2 heteroatoms. The van der Waals surface area contributed by atoms with Crippen molar-refractivity contribution in [3.8, 4) is 17.6 Å². The lowest BCUT2D eigenvalue weighted by Gasteiger charge is -2.36. The van der Waals surface area contributed by atoms with Crippen molar-refractivity contribution in [3.05, 3.63) is 29.1 Å². The fourth-order valence-corrected chi connectivity index (χ4v) is 4.14. The van der Waals surface area contributed by atoms with Crippen LogP contribution < -0.4 is 4.74 Å². The minimum atomic E-state index is -0.166. The third-order valence-corrected chi connectivity index (χ3v) is 5.33. The molecule has 1 aromatic carbocycles. The molecule has 2 aliphatic rings. The lowest BCUT2D eigenvalue weighted by atomic mass is 9.77. The first-order valence-corrected chi connectivity index (χ1v) is 9.11. The third-order valence-electron chi connectivity index (χ3n) is 5.33. The Morgan fingerprint density at radius 3 is 2.65 bits per heavy atom. The minimum absolute atomic E-state index is 0.166. The van der Waals surface area contributed by atoms with Crippen LogP contribution in [0, 0.1) is 29.5 Å². The molecule has 1 unspecified atom stereocenters. The van der Waals surface area contributed by atoms with Crippen LogP contribution in [0.25, 0.3) is 0 Å². The van der Waals surface area contributed by atoms with Crippen molar-refractivity contribution in [2.24, 2.45) is 11.8 Å². The molecule has 1 aliphatic carbocycles. The van der Waals surface area contributed by atoms with E-state index in [0.29, 0.717) is 17.6 Å². The quantitative estimate of drug-likeness (QED) is 0.688. The lowest BCUT2D eigenvalue weighted by Crippen LogP contribution is -2.33. The summed E-state index contributed by atoms with van der Waals surface area (Å²) in [6.45, 7) is 4.05. The first-order chi connectivity index (χ1) is 11.2. The van der Waals surface area contributed by atoms with E-state index in [1.165, 1.54) is 0 Å². The standard InChI is InChI=1S/C21H27FO/c1-3-5-15-7-9-17(10-8-15)20-12-11-18-13-16(6-4-2)14-19(22)21(18)23-20/h13-15,17,20H,4,6-12H2,1-2H3. The van der Waals surface area contributed by atoms with Crippen LogP contribution in [0.2, 0.25) is 0 Å². The lowest BCUT2D eigenvalue weighted by molar-refractivity contribution is 0.0781. The maximum atomic E-state index is 14.4. The maximum absolute atomic E-state index is 14.4. The summed E-state index contributed by atoms with van der Waals surface area (Å²) in [4.78, 5) is 0. The Morgan fingerprint density at radius 1 is 1.17 bits per heavy atom. The summed E-state index contributed by atoms with van der Waals surface area (Å²) in [7, 11) is 0. The molecule has 1 atom stereocenters. The van der Waals surface area contributed by atoms with E-state index in [4.69, 9.17) is 4.74 Å². The van der Waals surface area contributed by atoms with Gasteiger partial charge in [0.2, 0.25) is 0 Å². The molecule has 1 nitrogen and oxygen atoms in total. The molecular formula is C21H27FO. The maximum Gasteiger partial charge on any atom is 0.165 e. The summed E-state index contributed by atoms with van der Waals surface area (Å²) in [5, 5.41) is 0. The number of hydrogen-bond acceptors (Lipinski definition) is 1. The Morgan fingerprint density at radius 2 is 1.96 bits per heavy atom.